The van der Waals surface area contributed by atoms with Gasteiger partial charge in [0, 0.05) is 0 Å². The molecule has 0 aromatic rings. The van der Waals surface area contributed by atoms with Crippen molar-refractivity contribution in [3.05, 3.63) is 23.3 Å². The van der Waals surface area contributed by atoms with Crippen LogP contribution in [0.2, 0.25) is 0 Å². The van der Waals surface area contributed by atoms with Crippen molar-refractivity contribution in [3.8, 4) is 0 Å². The molecule has 22 heavy (non-hydrogen) atoms. The van der Waals surface area contributed by atoms with Gasteiger partial charge >= 0.3 is 17.9 Å². The summed E-state index contributed by atoms with van der Waals surface area (Å²) >= 11 is 0. The first kappa shape index (κ1) is 16.3. The number of carboxylic acids is 1. The second-order valence-corrected chi connectivity index (χ2v) is 5.82. The number of carbonyl (C=O) groups is 3. The average Bonchev–Trinajstić information content (AvgIpc) is 2.83. The molecule has 1 saturated carbocycles. The molecule has 2 aliphatic carbocycles. The molecule has 6 nitrogen and oxygen atoms in total. The molecule has 6 heteroatoms. The normalized spacial score (nSPS) is 26.1. The zero-order valence-corrected chi connectivity index (χ0v) is 12.9. The average molecular weight is 308 g/mol. The first-order valence-electron chi connectivity index (χ1n) is 7.13. The van der Waals surface area contributed by atoms with Crippen LogP contribution in [0.15, 0.2) is 23.3 Å². The van der Waals surface area contributed by atoms with Crippen molar-refractivity contribution in [3.63, 3.8) is 0 Å². The van der Waals surface area contributed by atoms with Crippen LogP contribution in [-0.2, 0) is 23.9 Å². The van der Waals surface area contributed by atoms with Gasteiger partial charge < -0.3 is 14.6 Å². The maximum Gasteiger partial charge on any atom is 0.323 e. The molecular weight excluding hydrogens is 288 g/mol. The molecule has 2 aliphatic rings. The Bertz CT molecular complexity index is 555. The maximum atomic E-state index is 12.2. The number of hydrogen-bond donors (Lipinski definition) is 1. The summed E-state index contributed by atoms with van der Waals surface area (Å²) in [4.78, 5) is 35.8. The van der Waals surface area contributed by atoms with Gasteiger partial charge in [-0.25, -0.2) is 0 Å². The van der Waals surface area contributed by atoms with Gasteiger partial charge in [0.1, 0.15) is 0 Å². The Morgan fingerprint density at radius 1 is 1.23 bits per heavy atom. The van der Waals surface area contributed by atoms with Gasteiger partial charge in [-0.15, -0.1) is 0 Å². The molecule has 0 aromatic heterocycles. The lowest BCUT2D eigenvalue weighted by atomic mass is 9.84. The molecule has 1 fully saturated rings. The highest BCUT2D eigenvalue weighted by Gasteiger charge is 2.55. The van der Waals surface area contributed by atoms with Crippen molar-refractivity contribution in [2.45, 2.75) is 26.2 Å². The van der Waals surface area contributed by atoms with E-state index < -0.39 is 29.2 Å². The minimum absolute atomic E-state index is 0.137. The number of esters is 2. The van der Waals surface area contributed by atoms with Crippen molar-refractivity contribution >= 4 is 17.9 Å². The highest BCUT2D eigenvalue weighted by Crippen LogP contribution is 2.50. The SMILES string of the molecule is COC(=O)C1(C(=O)OC)CC2=C(C)[C@@H](C(=O)O)CC=C[C@H]2C1. The quantitative estimate of drug-likeness (QED) is 0.485. The van der Waals surface area contributed by atoms with Crippen LogP contribution < -0.4 is 0 Å². The highest BCUT2D eigenvalue weighted by molar-refractivity contribution is 6.01. The third-order valence-electron chi connectivity index (χ3n) is 4.73. The Hall–Kier alpha value is -2.11. The summed E-state index contributed by atoms with van der Waals surface area (Å²) in [6.07, 6.45) is 4.52. The lowest BCUT2D eigenvalue weighted by molar-refractivity contribution is -0.168. The predicted molar refractivity (Wildman–Crippen MR) is 76.8 cm³/mol. The van der Waals surface area contributed by atoms with Crippen molar-refractivity contribution in [2.75, 3.05) is 14.2 Å². The number of fused-ring (bicyclic) bond motifs is 1. The highest BCUT2D eigenvalue weighted by atomic mass is 16.5. The fourth-order valence-corrected chi connectivity index (χ4v) is 3.49. The fourth-order valence-electron chi connectivity index (χ4n) is 3.49. The van der Waals surface area contributed by atoms with Crippen LogP contribution in [0.1, 0.15) is 26.2 Å². The Kier molecular flexibility index (Phi) is 4.39. The Morgan fingerprint density at radius 2 is 1.82 bits per heavy atom. The van der Waals surface area contributed by atoms with E-state index >= 15 is 0 Å². The summed E-state index contributed by atoms with van der Waals surface area (Å²) in [5, 5.41) is 9.34. The van der Waals surface area contributed by atoms with Gasteiger partial charge in [0.05, 0.1) is 20.1 Å². The van der Waals surface area contributed by atoms with Crippen LogP contribution in [0.4, 0.5) is 0 Å². The molecule has 0 amide bonds. The molecule has 0 radical (unpaired) electrons. The molecular formula is C16H20O6. The van der Waals surface area contributed by atoms with E-state index in [1.165, 1.54) is 14.2 Å². The molecule has 1 N–H and O–H groups in total. The minimum Gasteiger partial charge on any atom is -0.481 e. The van der Waals surface area contributed by atoms with Crippen molar-refractivity contribution in [1.29, 1.82) is 0 Å². The van der Waals surface area contributed by atoms with Crippen LogP contribution in [0.25, 0.3) is 0 Å². The fraction of sp³-hybridized carbons (Fsp3) is 0.562. The molecule has 2 rings (SSSR count). The second kappa shape index (κ2) is 5.94. The van der Waals surface area contributed by atoms with Crippen LogP contribution in [-0.4, -0.2) is 37.2 Å². The lowest BCUT2D eigenvalue weighted by Gasteiger charge is -2.23. The van der Waals surface area contributed by atoms with Crippen molar-refractivity contribution < 1.29 is 29.0 Å². The first-order chi connectivity index (χ1) is 10.4. The summed E-state index contributed by atoms with van der Waals surface area (Å²) in [5.74, 6) is -2.92. The van der Waals surface area contributed by atoms with E-state index in [1.807, 2.05) is 12.2 Å². The van der Waals surface area contributed by atoms with Gasteiger partial charge in [0.2, 0.25) is 0 Å². The van der Waals surface area contributed by atoms with Crippen LogP contribution >= 0.6 is 0 Å². The van der Waals surface area contributed by atoms with Gasteiger partial charge in [0.25, 0.3) is 0 Å². The van der Waals surface area contributed by atoms with E-state index in [-0.39, 0.29) is 18.8 Å². The molecule has 2 atom stereocenters. The molecule has 0 aliphatic heterocycles. The summed E-state index contributed by atoms with van der Waals surface area (Å²) in [6.45, 7) is 1.76. The Balaban J connectivity index is 2.49. The monoisotopic (exact) mass is 308 g/mol. The zero-order chi connectivity index (χ0) is 16.5. The molecule has 120 valence electrons. The topological polar surface area (TPSA) is 89.9 Å². The van der Waals surface area contributed by atoms with E-state index in [2.05, 4.69) is 0 Å². The van der Waals surface area contributed by atoms with Crippen molar-refractivity contribution in [1.82, 2.24) is 0 Å². The maximum absolute atomic E-state index is 12.2. The minimum atomic E-state index is -1.38. The van der Waals surface area contributed by atoms with E-state index in [9.17, 15) is 19.5 Å². The molecule has 0 aromatic carbocycles. The number of ether oxygens (including phenoxy) is 2. The molecule has 0 saturated heterocycles. The third-order valence-corrected chi connectivity index (χ3v) is 4.73. The Labute approximate surface area is 128 Å². The van der Waals surface area contributed by atoms with Gasteiger partial charge in [-0.2, -0.15) is 0 Å². The molecule has 0 unspecified atom stereocenters. The number of aliphatic carboxylic acids is 1. The molecule has 0 spiro atoms. The molecule has 0 heterocycles. The smallest absolute Gasteiger partial charge is 0.323 e. The number of allylic oxidation sites excluding steroid dienone is 3. The van der Waals surface area contributed by atoms with Crippen LogP contribution in [0, 0.1) is 17.3 Å². The van der Waals surface area contributed by atoms with E-state index in [4.69, 9.17) is 9.47 Å². The number of methoxy groups -OCH3 is 2. The standard InChI is InChI=1S/C16H20O6/c1-9-11(13(17)18)6-4-5-10-7-16(8-12(9)10,14(19)21-2)15(20)22-3/h4-5,10-11H,6-8H2,1-3H3,(H,17,18)/t10-,11-/m0/s1. The predicted octanol–water partition coefficient (Wildman–Crippen LogP) is 1.71. The van der Waals surface area contributed by atoms with Gasteiger partial charge in [-0.05, 0) is 32.1 Å². The van der Waals surface area contributed by atoms with Gasteiger partial charge in [-0.3, -0.25) is 14.4 Å². The summed E-state index contributed by atoms with van der Waals surface area (Å²) < 4.78 is 9.61. The summed E-state index contributed by atoms with van der Waals surface area (Å²) in [5.41, 5.74) is 0.171. The largest absolute Gasteiger partial charge is 0.481 e. The summed E-state index contributed by atoms with van der Waals surface area (Å²) in [6, 6.07) is 0. The number of carbonyl (C=O) groups excluding carboxylic acids is 2. The van der Waals surface area contributed by atoms with Crippen molar-refractivity contribution in [2.24, 2.45) is 17.3 Å². The van der Waals surface area contributed by atoms with E-state index in [0.717, 1.165) is 11.1 Å². The summed E-state index contributed by atoms with van der Waals surface area (Å²) in [7, 11) is 2.47. The third kappa shape index (κ3) is 2.42. The van der Waals surface area contributed by atoms with Crippen LogP contribution in [0.5, 0.6) is 0 Å². The molecule has 0 bridgehead atoms. The number of hydrogen-bond acceptors (Lipinski definition) is 5. The first-order valence-corrected chi connectivity index (χ1v) is 7.13. The van der Waals surface area contributed by atoms with E-state index in [1.54, 1.807) is 6.92 Å². The second-order valence-electron chi connectivity index (χ2n) is 5.82. The van der Waals surface area contributed by atoms with E-state index in [0.29, 0.717) is 6.42 Å². The van der Waals surface area contributed by atoms with Gasteiger partial charge in [0.15, 0.2) is 5.41 Å². The van der Waals surface area contributed by atoms with Gasteiger partial charge in [-0.1, -0.05) is 23.3 Å². The lowest BCUT2D eigenvalue weighted by Crippen LogP contribution is -2.39. The number of rotatable bonds is 3. The Morgan fingerprint density at radius 3 is 2.32 bits per heavy atom. The number of carboxylic acid groups (broad SMARTS) is 1. The zero-order valence-electron chi connectivity index (χ0n) is 12.9. The van der Waals surface area contributed by atoms with Crippen LogP contribution in [0.3, 0.4) is 0 Å².